The highest BCUT2D eigenvalue weighted by molar-refractivity contribution is 5.94. The van der Waals surface area contributed by atoms with E-state index in [2.05, 4.69) is 10.3 Å². The van der Waals surface area contributed by atoms with Gasteiger partial charge in [-0.05, 0) is 36.8 Å². The lowest BCUT2D eigenvalue weighted by Crippen LogP contribution is -2.25. The van der Waals surface area contributed by atoms with Crippen molar-refractivity contribution in [1.82, 2.24) is 14.7 Å². The summed E-state index contributed by atoms with van der Waals surface area (Å²) in [6.07, 6.45) is 4.66. The monoisotopic (exact) mass is 339 g/mol. The summed E-state index contributed by atoms with van der Waals surface area (Å²) in [6.45, 7) is 1.56. The molecular formula is C19H21N3O3. The maximum absolute atomic E-state index is 12.1. The topological polar surface area (TPSA) is 64.9 Å². The molecule has 1 N–H and O–H groups in total. The molecule has 3 aromatic rings. The zero-order valence-electron chi connectivity index (χ0n) is 14.1. The maximum Gasteiger partial charge on any atom is 0.251 e. The molecular weight excluding hydrogens is 318 g/mol. The molecule has 3 rings (SSSR count). The van der Waals surface area contributed by atoms with Crippen LogP contribution in [0.15, 0.2) is 54.9 Å². The Kier molecular flexibility index (Phi) is 5.64. The van der Waals surface area contributed by atoms with E-state index in [0.29, 0.717) is 31.1 Å². The lowest BCUT2D eigenvalue weighted by Gasteiger charge is -2.08. The molecule has 25 heavy (non-hydrogen) atoms. The summed E-state index contributed by atoms with van der Waals surface area (Å²) in [5.74, 6) is 0.524. The minimum absolute atomic E-state index is 0.116. The molecule has 0 spiro atoms. The molecule has 0 bridgehead atoms. The van der Waals surface area contributed by atoms with Gasteiger partial charge in [-0.1, -0.05) is 12.1 Å². The van der Waals surface area contributed by atoms with Crippen LogP contribution < -0.4 is 10.1 Å². The van der Waals surface area contributed by atoms with Crippen LogP contribution in [0.4, 0.5) is 0 Å². The van der Waals surface area contributed by atoms with Crippen molar-refractivity contribution in [1.29, 1.82) is 0 Å². The highest BCUT2D eigenvalue weighted by Gasteiger charge is 2.07. The summed E-state index contributed by atoms with van der Waals surface area (Å²) >= 11 is 0. The quantitative estimate of drug-likeness (QED) is 0.641. The summed E-state index contributed by atoms with van der Waals surface area (Å²) in [5.41, 5.74) is 2.29. The summed E-state index contributed by atoms with van der Waals surface area (Å²) < 4.78 is 12.7. The van der Waals surface area contributed by atoms with Crippen LogP contribution in [0.3, 0.4) is 0 Å². The standard InChI is InChI=1S/C19H21N3O3/c1-24-11-5-9-20-19(23)15-6-4-7-17(12-15)25-14-16-13-22-10-3-2-8-18(22)21-16/h2-4,6-8,10,12-13H,5,9,11,14H2,1H3,(H,20,23). The normalized spacial score (nSPS) is 10.8. The van der Waals surface area contributed by atoms with Crippen LogP contribution in [0.5, 0.6) is 5.75 Å². The SMILES string of the molecule is COCCCNC(=O)c1cccc(OCc2cn3ccccc3n2)c1. The van der Waals surface area contributed by atoms with Crippen LogP contribution in [-0.4, -0.2) is 35.6 Å². The molecule has 0 atom stereocenters. The number of imidazole rings is 1. The summed E-state index contributed by atoms with van der Waals surface area (Å²) in [6, 6.07) is 13.0. The fourth-order valence-corrected chi connectivity index (χ4v) is 2.46. The Bertz CT molecular complexity index is 812. The lowest BCUT2D eigenvalue weighted by atomic mass is 10.2. The fraction of sp³-hybridized carbons (Fsp3) is 0.263. The van der Waals surface area contributed by atoms with Crippen molar-refractivity contribution in [2.45, 2.75) is 13.0 Å². The molecule has 2 heterocycles. The average molecular weight is 339 g/mol. The van der Waals surface area contributed by atoms with Crippen LogP contribution in [0, 0.1) is 0 Å². The third kappa shape index (κ3) is 4.58. The summed E-state index contributed by atoms with van der Waals surface area (Å²) in [5, 5.41) is 2.86. The number of nitrogens with zero attached hydrogens (tertiary/aromatic N) is 2. The van der Waals surface area contributed by atoms with Crippen LogP contribution in [0.25, 0.3) is 5.65 Å². The molecule has 6 heteroatoms. The number of fused-ring (bicyclic) bond motifs is 1. The van der Waals surface area contributed by atoms with Crippen LogP contribution in [0.2, 0.25) is 0 Å². The van der Waals surface area contributed by atoms with Gasteiger partial charge in [-0.25, -0.2) is 4.98 Å². The third-order valence-electron chi connectivity index (χ3n) is 3.71. The molecule has 0 unspecified atom stereocenters. The Balaban J connectivity index is 1.58. The number of aromatic nitrogens is 2. The highest BCUT2D eigenvalue weighted by atomic mass is 16.5. The third-order valence-corrected chi connectivity index (χ3v) is 3.71. The first-order valence-corrected chi connectivity index (χ1v) is 8.19. The first-order chi connectivity index (χ1) is 12.3. The zero-order chi connectivity index (χ0) is 17.5. The van der Waals surface area contributed by atoms with E-state index in [1.54, 1.807) is 19.2 Å². The minimum Gasteiger partial charge on any atom is -0.487 e. The minimum atomic E-state index is -0.116. The van der Waals surface area contributed by atoms with E-state index in [-0.39, 0.29) is 5.91 Å². The van der Waals surface area contributed by atoms with Crippen LogP contribution in [0.1, 0.15) is 22.5 Å². The predicted octanol–water partition coefficient (Wildman–Crippen LogP) is 2.68. The van der Waals surface area contributed by atoms with Crippen molar-refractivity contribution in [3.63, 3.8) is 0 Å². The first-order valence-electron chi connectivity index (χ1n) is 8.19. The Hall–Kier alpha value is -2.86. The van der Waals surface area contributed by atoms with Gasteiger partial charge in [-0.2, -0.15) is 0 Å². The molecule has 6 nitrogen and oxygen atoms in total. The average Bonchev–Trinajstić information content (AvgIpc) is 3.06. The van der Waals surface area contributed by atoms with Gasteiger partial charge in [0.05, 0.1) is 5.69 Å². The molecule has 2 aromatic heterocycles. The van der Waals surface area contributed by atoms with Gasteiger partial charge in [0.15, 0.2) is 0 Å². The van der Waals surface area contributed by atoms with Crippen LogP contribution >= 0.6 is 0 Å². The molecule has 0 saturated carbocycles. The van der Waals surface area contributed by atoms with Crippen molar-refractivity contribution < 1.29 is 14.3 Å². The second-order valence-electron chi connectivity index (χ2n) is 5.62. The van der Waals surface area contributed by atoms with Gasteiger partial charge in [0.2, 0.25) is 0 Å². The number of methoxy groups -OCH3 is 1. The Labute approximate surface area is 146 Å². The van der Waals surface area contributed by atoms with Gasteiger partial charge in [-0.15, -0.1) is 0 Å². The molecule has 0 aliphatic rings. The number of hydrogen-bond donors (Lipinski definition) is 1. The number of pyridine rings is 1. The van der Waals surface area contributed by atoms with E-state index in [9.17, 15) is 4.79 Å². The molecule has 1 aromatic carbocycles. The number of nitrogens with one attached hydrogen (secondary N) is 1. The molecule has 0 aliphatic carbocycles. The maximum atomic E-state index is 12.1. The Morgan fingerprint density at radius 3 is 3.00 bits per heavy atom. The number of hydrogen-bond acceptors (Lipinski definition) is 4. The van der Waals surface area contributed by atoms with E-state index in [4.69, 9.17) is 9.47 Å². The van der Waals surface area contributed by atoms with Gasteiger partial charge in [0, 0.05) is 38.2 Å². The zero-order valence-corrected chi connectivity index (χ0v) is 14.1. The van der Waals surface area contributed by atoms with Crippen molar-refractivity contribution in [3.05, 3.63) is 66.1 Å². The number of amides is 1. The second kappa shape index (κ2) is 8.30. The van der Waals surface area contributed by atoms with E-state index in [1.165, 1.54) is 0 Å². The van der Waals surface area contributed by atoms with Gasteiger partial charge < -0.3 is 19.2 Å². The van der Waals surface area contributed by atoms with Gasteiger partial charge in [0.1, 0.15) is 18.0 Å². The van der Waals surface area contributed by atoms with Gasteiger partial charge >= 0.3 is 0 Å². The molecule has 1 amide bonds. The van der Waals surface area contributed by atoms with Crippen molar-refractivity contribution in [2.24, 2.45) is 0 Å². The largest absolute Gasteiger partial charge is 0.487 e. The van der Waals surface area contributed by atoms with Crippen LogP contribution in [-0.2, 0) is 11.3 Å². The molecule has 0 fully saturated rings. The second-order valence-corrected chi connectivity index (χ2v) is 5.62. The number of rotatable bonds is 8. The Morgan fingerprint density at radius 1 is 1.24 bits per heavy atom. The summed E-state index contributed by atoms with van der Waals surface area (Å²) in [4.78, 5) is 16.6. The number of ether oxygens (including phenoxy) is 2. The molecule has 0 aliphatic heterocycles. The fourth-order valence-electron chi connectivity index (χ4n) is 2.46. The number of benzene rings is 1. The number of carbonyl (C=O) groups excluding carboxylic acids is 1. The van der Waals surface area contributed by atoms with E-state index in [0.717, 1.165) is 17.8 Å². The van der Waals surface area contributed by atoms with Crippen molar-refractivity contribution in [3.8, 4) is 5.75 Å². The molecule has 0 saturated heterocycles. The number of carbonyl (C=O) groups is 1. The predicted molar refractivity (Wildman–Crippen MR) is 94.8 cm³/mol. The van der Waals surface area contributed by atoms with E-state index in [1.807, 2.05) is 47.1 Å². The van der Waals surface area contributed by atoms with Crippen molar-refractivity contribution >= 4 is 11.6 Å². The highest BCUT2D eigenvalue weighted by Crippen LogP contribution is 2.15. The smallest absolute Gasteiger partial charge is 0.251 e. The van der Waals surface area contributed by atoms with E-state index < -0.39 is 0 Å². The molecule has 130 valence electrons. The molecule has 0 radical (unpaired) electrons. The Morgan fingerprint density at radius 2 is 2.16 bits per heavy atom. The first kappa shape index (κ1) is 17.0. The summed E-state index contributed by atoms with van der Waals surface area (Å²) in [7, 11) is 1.64. The van der Waals surface area contributed by atoms with Gasteiger partial charge in [0.25, 0.3) is 5.91 Å². The van der Waals surface area contributed by atoms with E-state index >= 15 is 0 Å². The lowest BCUT2D eigenvalue weighted by molar-refractivity contribution is 0.0948. The van der Waals surface area contributed by atoms with Gasteiger partial charge in [-0.3, -0.25) is 4.79 Å². The van der Waals surface area contributed by atoms with Crippen molar-refractivity contribution in [2.75, 3.05) is 20.3 Å².